The Morgan fingerprint density at radius 3 is 2.42 bits per heavy atom. The summed E-state index contributed by atoms with van der Waals surface area (Å²) in [5, 5.41) is 1.81. The normalized spacial score (nSPS) is 31.3. The first-order valence-corrected chi connectivity index (χ1v) is 17.0. The van der Waals surface area contributed by atoms with Crippen LogP contribution in [0, 0.1) is 23.7 Å². The molecule has 3 aliphatic rings. The molecule has 0 bridgehead atoms. The molecular formula is C28H44OSi2. The van der Waals surface area contributed by atoms with Crippen LogP contribution in [-0.2, 0) is 4.43 Å². The predicted octanol–water partition coefficient (Wildman–Crippen LogP) is 7.38. The number of hydrogen-bond acceptors (Lipinski definition) is 1. The lowest BCUT2D eigenvalue weighted by Crippen LogP contribution is -2.46. The number of allylic oxidation sites excluding steroid dienone is 2. The summed E-state index contributed by atoms with van der Waals surface area (Å²) in [4.78, 5) is 0. The van der Waals surface area contributed by atoms with Gasteiger partial charge in [-0.05, 0) is 73.9 Å². The molecule has 0 heterocycles. The third kappa shape index (κ3) is 5.47. The molecule has 1 aromatic carbocycles. The molecular weight excluding hydrogens is 408 g/mol. The van der Waals surface area contributed by atoms with Crippen LogP contribution in [0.3, 0.4) is 0 Å². The zero-order valence-corrected chi connectivity index (χ0v) is 22.6. The first-order chi connectivity index (χ1) is 14.7. The summed E-state index contributed by atoms with van der Waals surface area (Å²) in [5.41, 5.74) is 1.83. The van der Waals surface area contributed by atoms with Gasteiger partial charge in [0.2, 0.25) is 0 Å². The van der Waals surface area contributed by atoms with E-state index in [1.165, 1.54) is 62.6 Å². The van der Waals surface area contributed by atoms with Gasteiger partial charge in [-0.2, -0.15) is 0 Å². The Labute approximate surface area is 195 Å². The molecule has 0 saturated heterocycles. The van der Waals surface area contributed by atoms with E-state index >= 15 is 0 Å². The van der Waals surface area contributed by atoms with Gasteiger partial charge in [-0.25, -0.2) is 0 Å². The average Bonchev–Trinajstić information content (AvgIpc) is 3.27. The highest BCUT2D eigenvalue weighted by Gasteiger charge is 2.51. The van der Waals surface area contributed by atoms with Crippen LogP contribution in [0.15, 0.2) is 42.0 Å². The second-order valence-electron chi connectivity index (χ2n) is 12.0. The molecule has 0 aromatic heterocycles. The molecule has 0 spiro atoms. The summed E-state index contributed by atoms with van der Waals surface area (Å²) < 4.78 is 7.23. The second-order valence-corrected chi connectivity index (χ2v) is 18.1. The molecule has 0 unspecified atom stereocenters. The zero-order valence-electron chi connectivity index (χ0n) is 20.6. The third-order valence-electron chi connectivity index (χ3n) is 8.88. The van der Waals surface area contributed by atoms with E-state index in [-0.39, 0.29) is 5.04 Å². The van der Waals surface area contributed by atoms with Crippen molar-refractivity contribution < 1.29 is 4.43 Å². The Morgan fingerprint density at radius 1 is 1.03 bits per heavy atom. The summed E-state index contributed by atoms with van der Waals surface area (Å²) >= 11 is 0. The average molecular weight is 453 g/mol. The van der Waals surface area contributed by atoms with Crippen molar-refractivity contribution in [3.05, 3.63) is 42.0 Å². The van der Waals surface area contributed by atoms with Gasteiger partial charge in [-0.15, -0.1) is 0 Å². The quantitative estimate of drug-likeness (QED) is 0.323. The Morgan fingerprint density at radius 2 is 1.74 bits per heavy atom. The lowest BCUT2D eigenvalue weighted by atomic mass is 9.85. The lowest BCUT2D eigenvalue weighted by molar-refractivity contribution is 0.104. The standard InChI is InChI=1S/C28H44OSi2/c1-28(2,3)31(4,5)29-27-23(20-30-24-14-10-7-11-15-24)19-26-22(16-17-25(26)27)18-21-12-8-6-9-13-21/h7,10-11,14-15,18,21,23,25-27H,6,8-9,12-13,16-17,19-20H2,1-5H3/b22-18+/t23-,25+,26+,27-/m0/s1. The first kappa shape index (κ1) is 23.5. The highest BCUT2D eigenvalue weighted by atomic mass is 28.4. The van der Waals surface area contributed by atoms with Crippen LogP contribution in [0.5, 0.6) is 0 Å². The molecule has 3 saturated carbocycles. The van der Waals surface area contributed by atoms with E-state index in [4.69, 9.17) is 4.43 Å². The maximum absolute atomic E-state index is 7.23. The van der Waals surface area contributed by atoms with Crippen molar-refractivity contribution >= 4 is 23.0 Å². The maximum Gasteiger partial charge on any atom is 0.192 e. The highest BCUT2D eigenvalue weighted by molar-refractivity contribution is 6.74. The van der Waals surface area contributed by atoms with Crippen molar-refractivity contribution in [2.75, 3.05) is 0 Å². The number of fused-ring (bicyclic) bond motifs is 1. The Kier molecular flexibility index (Phi) is 7.35. The predicted molar refractivity (Wildman–Crippen MR) is 138 cm³/mol. The number of benzene rings is 1. The molecule has 170 valence electrons. The van der Waals surface area contributed by atoms with Crippen LogP contribution < -0.4 is 5.19 Å². The fourth-order valence-electron chi connectivity index (χ4n) is 6.04. The molecule has 1 aromatic rings. The molecule has 3 heteroatoms. The lowest BCUT2D eigenvalue weighted by Gasteiger charge is -2.41. The monoisotopic (exact) mass is 452 g/mol. The molecule has 0 aliphatic heterocycles. The fourth-order valence-corrected chi connectivity index (χ4v) is 8.77. The summed E-state index contributed by atoms with van der Waals surface area (Å²) in [6.07, 6.45) is 14.5. The van der Waals surface area contributed by atoms with Crippen LogP contribution in [-0.4, -0.2) is 23.9 Å². The highest BCUT2D eigenvalue weighted by Crippen LogP contribution is 2.54. The molecule has 31 heavy (non-hydrogen) atoms. The van der Waals surface area contributed by atoms with Crippen LogP contribution in [0.25, 0.3) is 0 Å². The van der Waals surface area contributed by atoms with Gasteiger partial charge >= 0.3 is 0 Å². The minimum absolute atomic E-state index is 0.288. The van der Waals surface area contributed by atoms with E-state index in [9.17, 15) is 0 Å². The zero-order chi connectivity index (χ0) is 22.1. The third-order valence-corrected chi connectivity index (χ3v) is 14.8. The van der Waals surface area contributed by atoms with E-state index in [1.807, 2.05) is 5.57 Å². The van der Waals surface area contributed by atoms with Gasteiger partial charge in [0, 0.05) is 0 Å². The van der Waals surface area contributed by atoms with E-state index in [0.717, 1.165) is 33.2 Å². The molecule has 4 rings (SSSR count). The topological polar surface area (TPSA) is 9.23 Å². The van der Waals surface area contributed by atoms with Gasteiger partial charge in [0.25, 0.3) is 0 Å². The van der Waals surface area contributed by atoms with Crippen molar-refractivity contribution in [1.29, 1.82) is 0 Å². The molecule has 2 radical (unpaired) electrons. The molecule has 3 aliphatic carbocycles. The Hall–Kier alpha value is -0.646. The molecule has 1 nitrogen and oxygen atoms in total. The van der Waals surface area contributed by atoms with Gasteiger partial charge in [0.05, 0.1) is 15.6 Å². The van der Waals surface area contributed by atoms with E-state index in [0.29, 0.717) is 6.10 Å². The van der Waals surface area contributed by atoms with E-state index in [1.54, 1.807) is 0 Å². The Bertz CT molecular complexity index is 742. The van der Waals surface area contributed by atoms with Crippen molar-refractivity contribution in [2.45, 2.75) is 102 Å². The molecule has 0 amide bonds. The Balaban J connectivity index is 1.51. The smallest absolute Gasteiger partial charge is 0.192 e. The minimum Gasteiger partial charge on any atom is -0.413 e. The van der Waals surface area contributed by atoms with Crippen LogP contribution >= 0.6 is 0 Å². The van der Waals surface area contributed by atoms with Crippen LogP contribution in [0.1, 0.15) is 72.1 Å². The summed E-state index contributed by atoms with van der Waals surface area (Å²) in [7, 11) is -0.845. The molecule has 4 atom stereocenters. The number of hydrogen-bond donors (Lipinski definition) is 0. The molecule has 0 N–H and O–H groups in total. The van der Waals surface area contributed by atoms with Crippen molar-refractivity contribution in [3.8, 4) is 0 Å². The largest absolute Gasteiger partial charge is 0.413 e. The van der Waals surface area contributed by atoms with Gasteiger partial charge in [-0.3, -0.25) is 0 Å². The summed E-state index contributed by atoms with van der Waals surface area (Å²) in [6.45, 7) is 12.1. The summed E-state index contributed by atoms with van der Waals surface area (Å²) in [5.74, 6) is 3.18. The van der Waals surface area contributed by atoms with Crippen molar-refractivity contribution in [3.63, 3.8) is 0 Å². The first-order valence-electron chi connectivity index (χ1n) is 12.9. The number of rotatable bonds is 6. The van der Waals surface area contributed by atoms with Gasteiger partial charge < -0.3 is 4.43 Å². The van der Waals surface area contributed by atoms with E-state index < -0.39 is 8.32 Å². The van der Waals surface area contributed by atoms with Gasteiger partial charge in [0.15, 0.2) is 8.32 Å². The van der Waals surface area contributed by atoms with Crippen LogP contribution in [0.2, 0.25) is 24.2 Å². The van der Waals surface area contributed by atoms with Gasteiger partial charge in [-0.1, -0.05) is 93.2 Å². The minimum atomic E-state index is -1.76. The van der Waals surface area contributed by atoms with Crippen molar-refractivity contribution in [1.82, 2.24) is 0 Å². The summed E-state index contributed by atoms with van der Waals surface area (Å²) in [6, 6.07) is 12.5. The van der Waals surface area contributed by atoms with Gasteiger partial charge in [0.1, 0.15) is 0 Å². The van der Waals surface area contributed by atoms with E-state index in [2.05, 4.69) is 70.3 Å². The van der Waals surface area contributed by atoms with Crippen molar-refractivity contribution in [2.24, 2.45) is 23.7 Å². The molecule has 3 fully saturated rings. The second kappa shape index (κ2) is 9.69. The maximum atomic E-state index is 7.23. The SMILES string of the molecule is CC(C)(C)[Si](C)(C)O[C@H]1[C@H](C[Si]c2ccccc2)C[C@@H]2/C(=C/C3CCCCC3)CC[C@@H]12. The van der Waals surface area contributed by atoms with Crippen LogP contribution in [0.4, 0.5) is 0 Å². The fraction of sp³-hybridized carbons (Fsp3) is 0.714.